The van der Waals surface area contributed by atoms with Crippen LogP contribution in [0.1, 0.15) is 28.4 Å². The Kier molecular flexibility index (Phi) is 3.33. The van der Waals surface area contributed by atoms with E-state index in [0.29, 0.717) is 23.3 Å². The van der Waals surface area contributed by atoms with E-state index in [-0.39, 0.29) is 23.7 Å². The van der Waals surface area contributed by atoms with Crippen LogP contribution in [0.25, 0.3) is 0 Å². The fourth-order valence-electron chi connectivity index (χ4n) is 2.59. The van der Waals surface area contributed by atoms with Crippen molar-refractivity contribution in [1.29, 1.82) is 0 Å². The van der Waals surface area contributed by atoms with Crippen LogP contribution in [0, 0.1) is 0 Å². The molecule has 0 unspecified atom stereocenters. The van der Waals surface area contributed by atoms with E-state index in [9.17, 15) is 9.59 Å². The van der Waals surface area contributed by atoms with E-state index < -0.39 is 6.04 Å². The number of hydrogen-bond donors (Lipinski definition) is 4. The summed E-state index contributed by atoms with van der Waals surface area (Å²) in [5.41, 5.74) is 6.76. The summed E-state index contributed by atoms with van der Waals surface area (Å²) in [6.45, 7) is 0.481. The van der Waals surface area contributed by atoms with E-state index in [1.807, 2.05) is 0 Å². The highest BCUT2D eigenvalue weighted by Gasteiger charge is 2.39. The van der Waals surface area contributed by atoms with Crippen molar-refractivity contribution in [3.63, 3.8) is 0 Å². The Morgan fingerprint density at radius 2 is 2.05 bits per heavy atom. The molecule has 5 N–H and O–H groups in total. The third-order valence-electron chi connectivity index (χ3n) is 3.45. The number of nitrogens with zero attached hydrogens (tertiary/aromatic N) is 1. The van der Waals surface area contributed by atoms with Gasteiger partial charge in [0, 0.05) is 18.0 Å². The van der Waals surface area contributed by atoms with Crippen LogP contribution in [-0.4, -0.2) is 35.3 Å². The second-order valence-corrected chi connectivity index (χ2v) is 6.23. The number of aromatic amines is 1. The van der Waals surface area contributed by atoms with Crippen molar-refractivity contribution in [2.75, 3.05) is 6.54 Å². The van der Waals surface area contributed by atoms with Crippen LogP contribution in [0.4, 0.5) is 0 Å². The minimum Gasteiger partial charge on any atom is -0.370 e. The lowest BCUT2D eigenvalue weighted by Gasteiger charge is -2.18. The molecule has 0 radical (unpaired) electrons. The van der Waals surface area contributed by atoms with Gasteiger partial charge in [0.15, 0.2) is 5.96 Å². The van der Waals surface area contributed by atoms with Gasteiger partial charge in [-0.1, -0.05) is 0 Å². The Hall–Kier alpha value is -1.35. The van der Waals surface area contributed by atoms with Gasteiger partial charge in [0.2, 0.25) is 0 Å². The molecule has 0 aromatic carbocycles. The third kappa shape index (κ3) is 2.05. The van der Waals surface area contributed by atoms with Crippen molar-refractivity contribution in [3.05, 3.63) is 20.3 Å². The second-order valence-electron chi connectivity index (χ2n) is 4.64. The number of nitrogens with one attached hydrogen (secondary N) is 3. The molecule has 2 atom stereocenters. The molecule has 3 heterocycles. The van der Waals surface area contributed by atoms with E-state index in [2.05, 4.69) is 52.5 Å². The highest BCUT2D eigenvalue weighted by molar-refractivity contribution is 9.13. The fraction of sp³-hybridized carbons (Fsp3) is 0.364. The zero-order valence-electron chi connectivity index (χ0n) is 10.2. The van der Waals surface area contributed by atoms with Crippen LogP contribution >= 0.6 is 31.9 Å². The molecule has 7 nitrogen and oxygen atoms in total. The summed E-state index contributed by atoms with van der Waals surface area (Å²) in [5.74, 6) is -0.529. The molecule has 106 valence electrons. The minimum absolute atomic E-state index is 0.121. The van der Waals surface area contributed by atoms with Gasteiger partial charge in [-0.2, -0.15) is 0 Å². The number of hydrogen-bond acceptors (Lipinski definition) is 4. The van der Waals surface area contributed by atoms with Gasteiger partial charge >= 0.3 is 0 Å². The van der Waals surface area contributed by atoms with Crippen LogP contribution in [-0.2, 0) is 4.79 Å². The van der Waals surface area contributed by atoms with Gasteiger partial charge in [-0.05, 0) is 38.3 Å². The maximum Gasteiger partial charge on any atom is 0.268 e. The van der Waals surface area contributed by atoms with Crippen LogP contribution in [0.5, 0.6) is 0 Å². The van der Waals surface area contributed by atoms with Crippen LogP contribution in [0.3, 0.4) is 0 Å². The average molecular weight is 405 g/mol. The SMILES string of the molecule is NC1=N[C@H]([C@@H]2CCNC(=O)c3[nH]c(Br)c(Br)c32)C(=O)N1. The number of amides is 2. The summed E-state index contributed by atoms with van der Waals surface area (Å²) in [4.78, 5) is 31.1. The Balaban J connectivity index is 2.11. The first-order valence-electron chi connectivity index (χ1n) is 5.98. The van der Waals surface area contributed by atoms with Crippen molar-refractivity contribution in [1.82, 2.24) is 15.6 Å². The lowest BCUT2D eigenvalue weighted by molar-refractivity contribution is -0.120. The van der Waals surface area contributed by atoms with Crippen molar-refractivity contribution < 1.29 is 9.59 Å². The highest BCUT2D eigenvalue weighted by atomic mass is 79.9. The fourth-order valence-corrected chi connectivity index (χ4v) is 3.59. The third-order valence-corrected chi connectivity index (χ3v) is 5.40. The summed E-state index contributed by atoms with van der Waals surface area (Å²) >= 11 is 6.80. The summed E-state index contributed by atoms with van der Waals surface area (Å²) in [5, 5.41) is 5.30. The predicted octanol–water partition coefficient (Wildman–Crippen LogP) is 0.570. The maximum atomic E-state index is 12.0. The summed E-state index contributed by atoms with van der Waals surface area (Å²) in [7, 11) is 0. The monoisotopic (exact) mass is 403 g/mol. The molecule has 9 heteroatoms. The van der Waals surface area contributed by atoms with Gasteiger partial charge in [-0.15, -0.1) is 0 Å². The molecule has 0 spiro atoms. The van der Waals surface area contributed by atoms with Crippen LogP contribution < -0.4 is 16.4 Å². The number of carbonyl (C=O) groups excluding carboxylic acids is 2. The zero-order valence-corrected chi connectivity index (χ0v) is 13.3. The Bertz CT molecular complexity index is 639. The lowest BCUT2D eigenvalue weighted by atomic mass is 9.89. The van der Waals surface area contributed by atoms with Crippen molar-refractivity contribution in [2.24, 2.45) is 10.7 Å². The molecule has 0 saturated carbocycles. The second kappa shape index (κ2) is 4.88. The Morgan fingerprint density at radius 3 is 2.70 bits per heavy atom. The molecular formula is C11H11Br2N5O2. The molecule has 0 fully saturated rings. The summed E-state index contributed by atoms with van der Waals surface area (Å²) in [6.07, 6.45) is 0.608. The first kappa shape index (κ1) is 13.6. The number of nitrogens with two attached hydrogens (primary N) is 1. The van der Waals surface area contributed by atoms with Gasteiger partial charge in [0.25, 0.3) is 11.8 Å². The molecule has 1 aromatic rings. The number of aliphatic imine (C=N–C) groups is 1. The van der Waals surface area contributed by atoms with Gasteiger partial charge in [-0.25, -0.2) is 4.99 Å². The first-order valence-corrected chi connectivity index (χ1v) is 7.57. The number of halogens is 2. The predicted molar refractivity (Wildman–Crippen MR) is 79.4 cm³/mol. The molecule has 2 aliphatic heterocycles. The molecule has 2 aliphatic rings. The van der Waals surface area contributed by atoms with Crippen molar-refractivity contribution in [2.45, 2.75) is 18.4 Å². The van der Waals surface area contributed by atoms with Gasteiger partial charge < -0.3 is 16.0 Å². The van der Waals surface area contributed by atoms with E-state index >= 15 is 0 Å². The minimum atomic E-state index is -0.611. The number of H-pyrrole nitrogens is 1. The van der Waals surface area contributed by atoms with Crippen molar-refractivity contribution >= 4 is 49.6 Å². The quantitative estimate of drug-likeness (QED) is 0.548. The standard InChI is InChI=1S/C11H11Br2N5O2/c12-5-4-3(6-10(20)18-11(14)17-6)1-2-15-9(19)7(4)16-8(5)13/h3,6,16H,1-2H2,(H,15,19)(H3,14,17,18,20)/t3-,6-/m1/s1. The molecule has 0 bridgehead atoms. The number of carbonyl (C=O) groups is 2. The van der Waals surface area contributed by atoms with Gasteiger partial charge in [0.1, 0.15) is 11.7 Å². The largest absolute Gasteiger partial charge is 0.370 e. The zero-order chi connectivity index (χ0) is 14.4. The smallest absolute Gasteiger partial charge is 0.268 e. The van der Waals surface area contributed by atoms with Gasteiger partial charge in [0.05, 0.1) is 9.08 Å². The molecule has 3 rings (SSSR count). The van der Waals surface area contributed by atoms with E-state index in [0.717, 1.165) is 10.0 Å². The molecule has 0 aliphatic carbocycles. The van der Waals surface area contributed by atoms with Crippen LogP contribution in [0.2, 0.25) is 0 Å². The molecule has 2 amide bonds. The topological polar surface area (TPSA) is 112 Å². The maximum absolute atomic E-state index is 12.0. The van der Waals surface area contributed by atoms with Crippen molar-refractivity contribution in [3.8, 4) is 0 Å². The molecule has 20 heavy (non-hydrogen) atoms. The van der Waals surface area contributed by atoms with Gasteiger partial charge in [-0.3, -0.25) is 14.9 Å². The number of rotatable bonds is 1. The lowest BCUT2D eigenvalue weighted by Crippen LogP contribution is -2.35. The van der Waals surface area contributed by atoms with Crippen LogP contribution in [0.15, 0.2) is 14.1 Å². The Morgan fingerprint density at radius 1 is 1.30 bits per heavy atom. The van der Waals surface area contributed by atoms with E-state index in [1.54, 1.807) is 0 Å². The average Bonchev–Trinajstić information content (AvgIpc) is 2.81. The normalized spacial score (nSPS) is 25.6. The highest BCUT2D eigenvalue weighted by Crippen LogP contribution is 2.40. The number of aromatic nitrogens is 1. The summed E-state index contributed by atoms with van der Waals surface area (Å²) in [6, 6.07) is -0.611. The molecule has 1 aromatic heterocycles. The number of fused-ring (bicyclic) bond motifs is 1. The first-order chi connectivity index (χ1) is 9.49. The number of guanidine groups is 1. The molecule has 0 saturated heterocycles. The Labute approximate surface area is 131 Å². The van der Waals surface area contributed by atoms with E-state index in [4.69, 9.17) is 5.73 Å². The molecular weight excluding hydrogens is 394 g/mol. The summed E-state index contributed by atoms with van der Waals surface area (Å²) < 4.78 is 1.41. The van der Waals surface area contributed by atoms with E-state index in [1.165, 1.54) is 0 Å².